The average molecular weight is 208 g/mol. The van der Waals surface area contributed by atoms with Crippen LogP contribution in [0.1, 0.15) is 17.5 Å². The first-order valence-electron chi connectivity index (χ1n) is 3.96. The van der Waals surface area contributed by atoms with Crippen molar-refractivity contribution in [1.29, 1.82) is 5.26 Å². The van der Waals surface area contributed by atoms with Crippen LogP contribution in [0.25, 0.3) is 0 Å². The number of nitriles is 1. The van der Waals surface area contributed by atoms with Crippen molar-refractivity contribution in [3.8, 4) is 17.9 Å². The molecule has 0 heterocycles. The van der Waals surface area contributed by atoms with E-state index in [4.69, 9.17) is 16.9 Å². The standard InChI is InChI=1S/C11H7ClFN/c1-8-6-10(12)9(7-11(8)13)4-2-3-5-14/h6-7H,3H2,1H3. The molecule has 0 aliphatic carbocycles. The first-order chi connectivity index (χ1) is 6.65. The van der Waals surface area contributed by atoms with Crippen LogP contribution < -0.4 is 0 Å². The van der Waals surface area contributed by atoms with Gasteiger partial charge >= 0.3 is 0 Å². The van der Waals surface area contributed by atoms with Gasteiger partial charge in [0.05, 0.1) is 17.5 Å². The zero-order chi connectivity index (χ0) is 10.6. The fourth-order valence-electron chi connectivity index (χ4n) is 0.921. The highest BCUT2D eigenvalue weighted by Gasteiger charge is 2.02. The number of hydrogen-bond acceptors (Lipinski definition) is 1. The zero-order valence-electron chi connectivity index (χ0n) is 7.56. The van der Waals surface area contributed by atoms with Gasteiger partial charge in [0.15, 0.2) is 0 Å². The van der Waals surface area contributed by atoms with Gasteiger partial charge in [-0.05, 0) is 24.6 Å². The number of hydrogen-bond donors (Lipinski definition) is 0. The molecule has 0 saturated carbocycles. The molecule has 0 atom stereocenters. The molecular formula is C11H7ClFN. The first-order valence-corrected chi connectivity index (χ1v) is 4.34. The molecule has 0 spiro atoms. The second-order valence-corrected chi connectivity index (χ2v) is 3.13. The van der Waals surface area contributed by atoms with Crippen molar-refractivity contribution in [2.75, 3.05) is 0 Å². The van der Waals surface area contributed by atoms with Crippen molar-refractivity contribution in [2.24, 2.45) is 0 Å². The predicted octanol–water partition coefficient (Wildman–Crippen LogP) is 3.05. The van der Waals surface area contributed by atoms with Crippen molar-refractivity contribution in [2.45, 2.75) is 13.3 Å². The molecule has 0 bridgehead atoms. The SMILES string of the molecule is Cc1cc(Cl)c(C#CCC#N)cc1F. The van der Waals surface area contributed by atoms with Crippen LogP contribution >= 0.6 is 11.6 Å². The van der Waals surface area contributed by atoms with Gasteiger partial charge in [0.1, 0.15) is 5.82 Å². The minimum Gasteiger partial charge on any atom is -0.207 e. The summed E-state index contributed by atoms with van der Waals surface area (Å²) in [6.07, 6.45) is 0.117. The summed E-state index contributed by atoms with van der Waals surface area (Å²) < 4.78 is 13.1. The van der Waals surface area contributed by atoms with Gasteiger partial charge in [-0.3, -0.25) is 0 Å². The number of aryl methyl sites for hydroxylation is 1. The van der Waals surface area contributed by atoms with Crippen LogP contribution in [0.3, 0.4) is 0 Å². The second-order valence-electron chi connectivity index (χ2n) is 2.72. The molecule has 0 saturated heterocycles. The Labute approximate surface area is 87.1 Å². The summed E-state index contributed by atoms with van der Waals surface area (Å²) in [4.78, 5) is 0. The van der Waals surface area contributed by atoms with Crippen molar-refractivity contribution < 1.29 is 4.39 Å². The van der Waals surface area contributed by atoms with Crippen LogP contribution in [0.5, 0.6) is 0 Å². The van der Waals surface area contributed by atoms with Gasteiger partial charge in [0.2, 0.25) is 0 Å². The Hall–Kier alpha value is -1.51. The highest BCUT2D eigenvalue weighted by atomic mass is 35.5. The van der Waals surface area contributed by atoms with Crippen molar-refractivity contribution in [1.82, 2.24) is 0 Å². The molecule has 0 aliphatic heterocycles. The normalized spacial score (nSPS) is 8.71. The summed E-state index contributed by atoms with van der Waals surface area (Å²) in [6.45, 7) is 1.63. The van der Waals surface area contributed by atoms with E-state index in [2.05, 4.69) is 11.8 Å². The second kappa shape index (κ2) is 4.65. The molecular weight excluding hydrogens is 201 g/mol. The van der Waals surface area contributed by atoms with Gasteiger partial charge in [-0.25, -0.2) is 4.39 Å². The van der Waals surface area contributed by atoms with E-state index in [0.29, 0.717) is 16.1 Å². The Balaban J connectivity index is 3.07. The van der Waals surface area contributed by atoms with Crippen molar-refractivity contribution in [3.05, 3.63) is 34.1 Å². The van der Waals surface area contributed by atoms with Crippen LogP contribution in [0.2, 0.25) is 5.02 Å². The van der Waals surface area contributed by atoms with E-state index in [1.807, 2.05) is 6.07 Å². The van der Waals surface area contributed by atoms with Gasteiger partial charge in [-0.1, -0.05) is 23.4 Å². The van der Waals surface area contributed by atoms with E-state index in [0.717, 1.165) is 0 Å². The maximum Gasteiger partial charge on any atom is 0.127 e. The molecule has 1 aromatic rings. The van der Waals surface area contributed by atoms with Gasteiger partial charge in [-0.2, -0.15) is 5.26 Å². The summed E-state index contributed by atoms with van der Waals surface area (Å²) in [5, 5.41) is 8.66. The molecule has 0 amide bonds. The predicted molar refractivity (Wildman–Crippen MR) is 53.3 cm³/mol. The Morgan fingerprint density at radius 1 is 1.50 bits per heavy atom. The topological polar surface area (TPSA) is 23.8 Å². The van der Waals surface area contributed by atoms with Crippen molar-refractivity contribution in [3.63, 3.8) is 0 Å². The molecule has 0 aromatic heterocycles. The Morgan fingerprint density at radius 2 is 2.21 bits per heavy atom. The third-order valence-electron chi connectivity index (χ3n) is 1.64. The van der Waals surface area contributed by atoms with Crippen molar-refractivity contribution >= 4 is 11.6 Å². The lowest BCUT2D eigenvalue weighted by atomic mass is 10.1. The van der Waals surface area contributed by atoms with Crippen LogP contribution in [0.4, 0.5) is 4.39 Å². The highest BCUT2D eigenvalue weighted by Crippen LogP contribution is 2.19. The van der Waals surface area contributed by atoms with E-state index >= 15 is 0 Å². The lowest BCUT2D eigenvalue weighted by Gasteiger charge is -1.99. The fourth-order valence-corrected chi connectivity index (χ4v) is 1.19. The molecule has 0 unspecified atom stereocenters. The minimum absolute atomic E-state index is 0.117. The summed E-state index contributed by atoms with van der Waals surface area (Å²) in [7, 11) is 0. The number of rotatable bonds is 0. The summed E-state index contributed by atoms with van der Waals surface area (Å²) in [6, 6.07) is 4.67. The van der Waals surface area contributed by atoms with E-state index in [1.54, 1.807) is 6.92 Å². The van der Waals surface area contributed by atoms with Crippen LogP contribution in [0.15, 0.2) is 12.1 Å². The molecule has 1 aromatic carbocycles. The quantitative estimate of drug-likeness (QED) is 0.600. The lowest BCUT2D eigenvalue weighted by Crippen LogP contribution is -1.85. The largest absolute Gasteiger partial charge is 0.207 e. The lowest BCUT2D eigenvalue weighted by molar-refractivity contribution is 0.618. The molecule has 70 valence electrons. The van der Waals surface area contributed by atoms with Crippen LogP contribution in [0, 0.1) is 35.9 Å². The molecule has 0 aliphatic rings. The third kappa shape index (κ3) is 2.49. The maximum atomic E-state index is 13.1. The number of halogens is 2. The number of benzene rings is 1. The summed E-state index contributed by atoms with van der Waals surface area (Å²) in [5.41, 5.74) is 0.908. The molecule has 3 heteroatoms. The highest BCUT2D eigenvalue weighted by molar-refractivity contribution is 6.31. The van der Waals surface area contributed by atoms with Crippen LogP contribution in [-0.4, -0.2) is 0 Å². The Bertz CT molecular complexity index is 449. The van der Waals surface area contributed by atoms with E-state index in [-0.39, 0.29) is 12.2 Å². The molecule has 0 fully saturated rings. The summed E-state index contributed by atoms with van der Waals surface area (Å²) in [5.74, 6) is 4.88. The zero-order valence-corrected chi connectivity index (χ0v) is 8.32. The molecule has 0 N–H and O–H groups in total. The smallest absolute Gasteiger partial charge is 0.127 e. The minimum atomic E-state index is -0.337. The van der Waals surface area contributed by atoms with Crippen LogP contribution in [-0.2, 0) is 0 Å². The molecule has 14 heavy (non-hydrogen) atoms. The van der Waals surface area contributed by atoms with E-state index in [9.17, 15) is 4.39 Å². The fraction of sp³-hybridized carbons (Fsp3) is 0.182. The Kier molecular flexibility index (Phi) is 3.51. The molecule has 1 rings (SSSR count). The molecule has 0 radical (unpaired) electrons. The Morgan fingerprint density at radius 3 is 2.86 bits per heavy atom. The monoisotopic (exact) mass is 207 g/mol. The van der Waals surface area contributed by atoms with E-state index in [1.165, 1.54) is 12.1 Å². The average Bonchev–Trinajstić information content (AvgIpc) is 2.14. The number of nitrogens with zero attached hydrogens (tertiary/aromatic N) is 1. The first kappa shape index (κ1) is 10.6. The molecule has 1 nitrogen and oxygen atoms in total. The van der Waals surface area contributed by atoms with Gasteiger partial charge in [-0.15, -0.1) is 0 Å². The summed E-state index contributed by atoms with van der Waals surface area (Å²) >= 11 is 5.83. The van der Waals surface area contributed by atoms with Gasteiger partial charge in [0, 0.05) is 5.56 Å². The third-order valence-corrected chi connectivity index (χ3v) is 1.95. The van der Waals surface area contributed by atoms with Gasteiger partial charge in [0.25, 0.3) is 0 Å². The van der Waals surface area contributed by atoms with E-state index < -0.39 is 0 Å². The maximum absolute atomic E-state index is 13.1. The van der Waals surface area contributed by atoms with Gasteiger partial charge < -0.3 is 0 Å².